The van der Waals surface area contributed by atoms with Crippen LogP contribution in [0, 0.1) is 0 Å². The standard InChI is InChI=1S/C45H31N3/c1-45(2)38-18-10-8-16-33(38)34-22-20-32(26-39(34)45)43-37-25-31(28-12-4-3-5-13-28)21-23-40(37)46-44(47-43)48-41-19-11-9-17-35(41)36-24-29-14-6-7-15-30(29)27-42(36)48/h3-27H,1-2H3/i3D,4D,5D,12D,13D. The minimum absolute atomic E-state index is 0.146. The van der Waals surface area contributed by atoms with Gasteiger partial charge in [-0.3, -0.25) is 4.57 Å². The highest BCUT2D eigenvalue weighted by Crippen LogP contribution is 2.50. The fourth-order valence-corrected chi connectivity index (χ4v) is 7.71. The van der Waals surface area contributed by atoms with Gasteiger partial charge in [0.1, 0.15) is 0 Å². The number of fused-ring (bicyclic) bond motifs is 8. The molecule has 0 radical (unpaired) electrons. The number of hydrogen-bond acceptors (Lipinski definition) is 2. The first-order chi connectivity index (χ1) is 25.6. The van der Waals surface area contributed by atoms with Crippen molar-refractivity contribution < 1.29 is 6.85 Å². The van der Waals surface area contributed by atoms with Crippen LogP contribution in [0.25, 0.3) is 82.9 Å². The second kappa shape index (κ2) is 9.97. The Hall–Kier alpha value is -6.06. The summed E-state index contributed by atoms with van der Waals surface area (Å²) < 4.78 is 44.4. The van der Waals surface area contributed by atoms with E-state index in [0.717, 1.165) is 43.5 Å². The van der Waals surface area contributed by atoms with E-state index in [1.165, 1.54) is 22.3 Å². The van der Waals surface area contributed by atoms with Gasteiger partial charge in [-0.2, -0.15) is 0 Å². The molecule has 0 fully saturated rings. The van der Waals surface area contributed by atoms with Crippen molar-refractivity contribution >= 4 is 43.5 Å². The van der Waals surface area contributed by atoms with E-state index < -0.39 is 6.04 Å². The van der Waals surface area contributed by atoms with Crippen molar-refractivity contribution in [2.24, 2.45) is 0 Å². The molecule has 48 heavy (non-hydrogen) atoms. The molecule has 0 bridgehead atoms. The van der Waals surface area contributed by atoms with E-state index in [1.54, 1.807) is 6.07 Å². The van der Waals surface area contributed by atoms with Crippen molar-refractivity contribution in [1.29, 1.82) is 0 Å². The third kappa shape index (κ3) is 3.88. The molecule has 3 heteroatoms. The number of hydrogen-bond donors (Lipinski definition) is 0. The van der Waals surface area contributed by atoms with Gasteiger partial charge in [-0.15, -0.1) is 0 Å². The Balaban J connectivity index is 1.28. The predicted octanol–water partition coefficient (Wildman–Crippen LogP) is 11.5. The summed E-state index contributed by atoms with van der Waals surface area (Å²) in [5.74, 6) is 0.521. The smallest absolute Gasteiger partial charge is 0.235 e. The Morgan fingerprint density at radius 2 is 1.27 bits per heavy atom. The average molecular weight is 619 g/mol. The molecule has 9 aromatic rings. The zero-order valence-electron chi connectivity index (χ0n) is 31.4. The molecule has 0 saturated carbocycles. The molecular formula is C45H31N3. The first kappa shape index (κ1) is 22.5. The fraction of sp³-hybridized carbons (Fsp3) is 0.0667. The van der Waals surface area contributed by atoms with E-state index in [0.29, 0.717) is 22.7 Å². The van der Waals surface area contributed by atoms with E-state index in [9.17, 15) is 0 Å². The SMILES string of the molecule is [2H]c1c([2H])c([2H])c(-c2ccc3nc(-n4c5ccccc5c5cc6ccccc6cc54)nc(-c4ccc5c(c4)C(C)(C)c4ccccc4-5)c3c2)c([2H])c1[2H]. The van der Waals surface area contributed by atoms with Crippen molar-refractivity contribution in [1.82, 2.24) is 14.5 Å². The summed E-state index contributed by atoms with van der Waals surface area (Å²) in [6, 6.07) is 40.1. The van der Waals surface area contributed by atoms with Crippen LogP contribution in [0.1, 0.15) is 31.8 Å². The number of aromatic nitrogens is 3. The zero-order valence-corrected chi connectivity index (χ0v) is 26.4. The van der Waals surface area contributed by atoms with Crippen molar-refractivity contribution in [2.45, 2.75) is 19.3 Å². The molecule has 0 aliphatic heterocycles. The van der Waals surface area contributed by atoms with E-state index in [-0.39, 0.29) is 35.1 Å². The molecule has 226 valence electrons. The number of benzene rings is 7. The highest BCUT2D eigenvalue weighted by molar-refractivity contribution is 6.13. The van der Waals surface area contributed by atoms with E-state index in [2.05, 4.69) is 109 Å². The molecule has 0 saturated heterocycles. The van der Waals surface area contributed by atoms with Gasteiger partial charge in [-0.1, -0.05) is 129 Å². The third-order valence-corrected chi connectivity index (χ3v) is 10.1. The maximum Gasteiger partial charge on any atom is 0.235 e. The average Bonchev–Trinajstić information content (AvgIpc) is 3.62. The molecule has 0 unspecified atom stereocenters. The van der Waals surface area contributed by atoms with Crippen molar-refractivity contribution in [3.05, 3.63) is 163 Å². The monoisotopic (exact) mass is 618 g/mol. The quantitative estimate of drug-likeness (QED) is 0.197. The maximum atomic E-state index is 8.72. The Morgan fingerprint density at radius 1 is 0.542 bits per heavy atom. The minimum atomic E-state index is -0.418. The number of para-hydroxylation sites is 1. The van der Waals surface area contributed by atoms with Gasteiger partial charge in [0.15, 0.2) is 0 Å². The zero-order chi connectivity index (χ0) is 36.3. The summed E-state index contributed by atoms with van der Waals surface area (Å²) in [4.78, 5) is 10.6. The van der Waals surface area contributed by atoms with E-state index in [1.807, 2.05) is 24.3 Å². The summed E-state index contributed by atoms with van der Waals surface area (Å²) in [5.41, 5.74) is 9.59. The lowest BCUT2D eigenvalue weighted by atomic mass is 9.82. The maximum absolute atomic E-state index is 8.72. The predicted molar refractivity (Wildman–Crippen MR) is 200 cm³/mol. The van der Waals surface area contributed by atoms with Crippen LogP contribution in [-0.2, 0) is 5.41 Å². The van der Waals surface area contributed by atoms with Gasteiger partial charge in [0, 0.05) is 27.1 Å². The van der Waals surface area contributed by atoms with Gasteiger partial charge in [0.05, 0.1) is 29.1 Å². The lowest BCUT2D eigenvalue weighted by molar-refractivity contribution is 0.660. The molecule has 0 spiro atoms. The first-order valence-corrected chi connectivity index (χ1v) is 16.2. The van der Waals surface area contributed by atoms with Crippen LogP contribution in [0.15, 0.2) is 152 Å². The molecule has 3 nitrogen and oxygen atoms in total. The molecule has 1 aliphatic carbocycles. The Bertz CT molecular complexity index is 3020. The largest absolute Gasteiger partial charge is 0.278 e. The van der Waals surface area contributed by atoms with Gasteiger partial charge in [-0.05, 0) is 80.6 Å². The van der Waals surface area contributed by atoms with Crippen LogP contribution in [0.5, 0.6) is 0 Å². The first-order valence-electron chi connectivity index (χ1n) is 18.7. The third-order valence-electron chi connectivity index (χ3n) is 10.1. The van der Waals surface area contributed by atoms with Crippen molar-refractivity contribution in [3.8, 4) is 39.5 Å². The van der Waals surface area contributed by atoms with Crippen molar-refractivity contribution in [2.75, 3.05) is 0 Å². The second-order valence-electron chi connectivity index (χ2n) is 13.1. The molecule has 1 aliphatic rings. The van der Waals surface area contributed by atoms with Gasteiger partial charge >= 0.3 is 0 Å². The normalized spacial score (nSPS) is 14.8. The van der Waals surface area contributed by atoms with Crippen molar-refractivity contribution in [3.63, 3.8) is 0 Å². The highest BCUT2D eigenvalue weighted by atomic mass is 15.2. The van der Waals surface area contributed by atoms with Gasteiger partial charge < -0.3 is 0 Å². The summed E-state index contributed by atoms with van der Waals surface area (Å²) in [6.07, 6.45) is 0. The van der Waals surface area contributed by atoms with Crippen LogP contribution in [0.3, 0.4) is 0 Å². The molecule has 2 heterocycles. The lowest BCUT2D eigenvalue weighted by Gasteiger charge is -2.22. The van der Waals surface area contributed by atoms with Gasteiger partial charge in [-0.25, -0.2) is 9.97 Å². The topological polar surface area (TPSA) is 30.7 Å². The van der Waals surface area contributed by atoms with Gasteiger partial charge in [0.25, 0.3) is 0 Å². The number of nitrogens with zero attached hydrogens (tertiary/aromatic N) is 3. The molecule has 0 atom stereocenters. The fourth-order valence-electron chi connectivity index (χ4n) is 7.71. The second-order valence-corrected chi connectivity index (χ2v) is 13.1. The summed E-state index contributed by atoms with van der Waals surface area (Å²) in [7, 11) is 0. The molecule has 0 amide bonds. The molecule has 7 aromatic carbocycles. The summed E-state index contributed by atoms with van der Waals surface area (Å²) in [5, 5.41) is 5.21. The van der Waals surface area contributed by atoms with Crippen LogP contribution < -0.4 is 0 Å². The van der Waals surface area contributed by atoms with Crippen LogP contribution >= 0.6 is 0 Å². The summed E-state index contributed by atoms with van der Waals surface area (Å²) >= 11 is 0. The van der Waals surface area contributed by atoms with Crippen LogP contribution in [0.2, 0.25) is 0 Å². The Morgan fingerprint density at radius 3 is 2.15 bits per heavy atom. The Kier molecular flexibility index (Phi) is 4.67. The van der Waals surface area contributed by atoms with Gasteiger partial charge in [0.2, 0.25) is 5.95 Å². The van der Waals surface area contributed by atoms with E-state index in [4.69, 9.17) is 16.8 Å². The summed E-state index contributed by atoms with van der Waals surface area (Å²) in [6.45, 7) is 4.51. The van der Waals surface area contributed by atoms with E-state index >= 15 is 0 Å². The molecule has 10 rings (SSSR count). The minimum Gasteiger partial charge on any atom is -0.278 e. The number of rotatable bonds is 3. The van der Waals surface area contributed by atoms with Crippen LogP contribution in [-0.4, -0.2) is 14.5 Å². The lowest BCUT2D eigenvalue weighted by Crippen LogP contribution is -2.15. The molecule has 2 aromatic heterocycles. The van der Waals surface area contributed by atoms with Crippen LogP contribution in [0.4, 0.5) is 0 Å². The Labute approximate surface area is 285 Å². The molecular weight excluding hydrogens is 583 g/mol. The molecule has 0 N–H and O–H groups in total. The highest BCUT2D eigenvalue weighted by Gasteiger charge is 2.35.